The number of hydrogen-bond donors (Lipinski definition) is 0. The Hall–Kier alpha value is -2.36. The normalized spacial score (nSPS) is 16.0. The molecule has 0 aromatic heterocycles. The maximum absolute atomic E-state index is 12.6. The smallest absolute Gasteiger partial charge is 0.228 e. The summed E-state index contributed by atoms with van der Waals surface area (Å²) in [5.74, 6) is -0.567. The van der Waals surface area contributed by atoms with E-state index in [0.717, 1.165) is 25.7 Å². The minimum absolute atomic E-state index is 0.00548. The number of hydrogen-bond acceptors (Lipinski definition) is 4. The van der Waals surface area contributed by atoms with Crippen LogP contribution in [-0.4, -0.2) is 25.8 Å². The van der Waals surface area contributed by atoms with Crippen LogP contribution in [0.15, 0.2) is 57.6 Å². The lowest BCUT2D eigenvalue weighted by Gasteiger charge is -2.19. The quantitative estimate of drug-likeness (QED) is 0.353. The van der Waals surface area contributed by atoms with Crippen LogP contribution in [0.25, 0.3) is 0 Å². The fourth-order valence-corrected chi connectivity index (χ4v) is 3.05. The first-order valence-corrected chi connectivity index (χ1v) is 9.78. The third-order valence-electron chi connectivity index (χ3n) is 4.87. The van der Waals surface area contributed by atoms with Crippen molar-refractivity contribution in [2.24, 2.45) is 0 Å². The number of allylic oxidation sites excluding steroid dienone is 8. The van der Waals surface area contributed by atoms with Gasteiger partial charge >= 0.3 is 0 Å². The van der Waals surface area contributed by atoms with Gasteiger partial charge in [-0.2, -0.15) is 0 Å². The van der Waals surface area contributed by atoms with Gasteiger partial charge in [-0.15, -0.1) is 0 Å². The Kier molecular flexibility index (Phi) is 9.70. The predicted octanol–water partition coefficient (Wildman–Crippen LogP) is 5.77. The number of methoxy groups -OCH3 is 2. The van der Waals surface area contributed by atoms with Gasteiger partial charge in [0.15, 0.2) is 0 Å². The van der Waals surface area contributed by atoms with Gasteiger partial charge in [0.05, 0.1) is 14.2 Å². The Morgan fingerprint density at radius 1 is 0.786 bits per heavy atom. The first kappa shape index (κ1) is 23.7. The lowest BCUT2D eigenvalue weighted by molar-refractivity contribution is -0.121. The maximum Gasteiger partial charge on any atom is 0.228 e. The molecule has 0 fully saturated rings. The second-order valence-corrected chi connectivity index (χ2v) is 7.49. The average Bonchev–Trinajstić information content (AvgIpc) is 2.64. The molecule has 154 valence electrons. The van der Waals surface area contributed by atoms with E-state index >= 15 is 0 Å². The fraction of sp³-hybridized carbons (Fsp3) is 0.500. The summed E-state index contributed by atoms with van der Waals surface area (Å²) in [6, 6.07) is 0. The molecule has 4 nitrogen and oxygen atoms in total. The molecule has 28 heavy (non-hydrogen) atoms. The zero-order valence-electron chi connectivity index (χ0n) is 18.4. The zero-order chi connectivity index (χ0) is 21.3. The van der Waals surface area contributed by atoms with Crippen molar-refractivity contribution in [1.82, 2.24) is 0 Å². The number of carbonyl (C=O) groups is 2. The Morgan fingerprint density at radius 3 is 1.82 bits per heavy atom. The Morgan fingerprint density at radius 2 is 1.29 bits per heavy atom. The molecular weight excluding hydrogens is 352 g/mol. The van der Waals surface area contributed by atoms with Crippen LogP contribution in [0.1, 0.15) is 66.7 Å². The van der Waals surface area contributed by atoms with Crippen molar-refractivity contribution >= 4 is 11.6 Å². The van der Waals surface area contributed by atoms with Gasteiger partial charge in [-0.05, 0) is 66.7 Å². The first-order chi connectivity index (χ1) is 13.2. The maximum atomic E-state index is 12.6. The van der Waals surface area contributed by atoms with Gasteiger partial charge in [-0.1, -0.05) is 34.9 Å². The minimum atomic E-state index is -0.282. The number of carbonyl (C=O) groups excluding carboxylic acids is 2. The summed E-state index contributed by atoms with van der Waals surface area (Å²) in [5.41, 5.74) is 4.88. The van der Waals surface area contributed by atoms with Crippen molar-refractivity contribution < 1.29 is 19.1 Å². The average molecular weight is 387 g/mol. The molecule has 0 aromatic carbocycles. The zero-order valence-corrected chi connectivity index (χ0v) is 18.4. The summed E-state index contributed by atoms with van der Waals surface area (Å²) >= 11 is 0. The van der Waals surface area contributed by atoms with Crippen molar-refractivity contribution in [3.05, 3.63) is 57.6 Å². The molecule has 1 aliphatic carbocycles. The highest BCUT2D eigenvalue weighted by Gasteiger charge is 2.33. The molecule has 0 aliphatic heterocycles. The molecule has 0 spiro atoms. The molecule has 0 amide bonds. The lowest BCUT2D eigenvalue weighted by Crippen LogP contribution is -2.24. The summed E-state index contributed by atoms with van der Waals surface area (Å²) in [6.07, 6.45) is 11.1. The topological polar surface area (TPSA) is 52.6 Å². The summed E-state index contributed by atoms with van der Waals surface area (Å²) in [4.78, 5) is 25.0. The van der Waals surface area contributed by atoms with E-state index in [1.165, 1.54) is 30.9 Å². The van der Waals surface area contributed by atoms with Gasteiger partial charge in [0.1, 0.15) is 0 Å². The van der Waals surface area contributed by atoms with E-state index in [1.54, 1.807) is 6.92 Å². The molecule has 0 saturated carbocycles. The lowest BCUT2D eigenvalue weighted by atomic mass is 9.90. The van der Waals surface area contributed by atoms with Crippen molar-refractivity contribution in [2.45, 2.75) is 66.7 Å². The number of ketones is 2. The molecule has 0 aromatic rings. The van der Waals surface area contributed by atoms with Crippen molar-refractivity contribution in [3.8, 4) is 0 Å². The SMILES string of the molecule is COC1=C(OC)C(=O)C(CC=C(C)CCC=C(C)CCC=C(C)C)=C(C)C1=O. The van der Waals surface area contributed by atoms with Crippen LogP contribution in [0.4, 0.5) is 0 Å². The van der Waals surface area contributed by atoms with E-state index in [1.807, 2.05) is 6.08 Å². The largest absolute Gasteiger partial charge is 0.489 e. The van der Waals surface area contributed by atoms with Crippen LogP contribution < -0.4 is 0 Å². The van der Waals surface area contributed by atoms with E-state index in [9.17, 15) is 9.59 Å². The molecule has 1 aliphatic rings. The van der Waals surface area contributed by atoms with E-state index in [-0.39, 0.29) is 23.1 Å². The van der Waals surface area contributed by atoms with Crippen LogP contribution in [0.3, 0.4) is 0 Å². The fourth-order valence-electron chi connectivity index (χ4n) is 3.05. The van der Waals surface area contributed by atoms with Gasteiger partial charge in [0.2, 0.25) is 23.1 Å². The van der Waals surface area contributed by atoms with Crippen LogP contribution in [0.2, 0.25) is 0 Å². The summed E-state index contributed by atoms with van der Waals surface area (Å²) < 4.78 is 10.2. The Balaban J connectivity index is 2.70. The van der Waals surface area contributed by atoms with Crippen LogP contribution >= 0.6 is 0 Å². The third kappa shape index (κ3) is 6.66. The van der Waals surface area contributed by atoms with Crippen molar-refractivity contribution in [2.75, 3.05) is 14.2 Å². The van der Waals surface area contributed by atoms with Crippen molar-refractivity contribution in [1.29, 1.82) is 0 Å². The van der Waals surface area contributed by atoms with Crippen molar-refractivity contribution in [3.63, 3.8) is 0 Å². The minimum Gasteiger partial charge on any atom is -0.489 e. The molecule has 0 atom stereocenters. The highest BCUT2D eigenvalue weighted by Crippen LogP contribution is 2.28. The van der Waals surface area contributed by atoms with E-state index < -0.39 is 0 Å². The molecule has 0 bridgehead atoms. The van der Waals surface area contributed by atoms with Crippen LogP contribution in [0, 0.1) is 0 Å². The summed E-state index contributed by atoms with van der Waals surface area (Å²) in [6.45, 7) is 10.1. The molecule has 1 rings (SSSR count). The highest BCUT2D eigenvalue weighted by atomic mass is 16.5. The number of Topliss-reactive ketones (excluding diaryl/α,β-unsaturated/α-hetero) is 2. The molecule has 0 heterocycles. The Bertz CT molecular complexity index is 753. The second-order valence-electron chi connectivity index (χ2n) is 7.49. The van der Waals surface area contributed by atoms with Crippen LogP contribution in [-0.2, 0) is 19.1 Å². The van der Waals surface area contributed by atoms with E-state index in [4.69, 9.17) is 9.47 Å². The van der Waals surface area contributed by atoms with Crippen LogP contribution in [0.5, 0.6) is 0 Å². The van der Waals surface area contributed by atoms with Gasteiger partial charge in [0, 0.05) is 11.1 Å². The summed E-state index contributed by atoms with van der Waals surface area (Å²) in [5, 5.41) is 0. The molecule has 0 radical (unpaired) electrons. The second kappa shape index (κ2) is 11.5. The summed E-state index contributed by atoms with van der Waals surface area (Å²) in [7, 11) is 2.75. The van der Waals surface area contributed by atoms with Gasteiger partial charge in [-0.25, -0.2) is 0 Å². The van der Waals surface area contributed by atoms with Gasteiger partial charge < -0.3 is 9.47 Å². The number of rotatable bonds is 10. The monoisotopic (exact) mass is 386 g/mol. The molecule has 0 saturated heterocycles. The Labute approximate surface area is 169 Å². The molecule has 0 unspecified atom stereocenters. The van der Waals surface area contributed by atoms with E-state index in [2.05, 4.69) is 39.8 Å². The van der Waals surface area contributed by atoms with E-state index in [0.29, 0.717) is 17.6 Å². The first-order valence-electron chi connectivity index (χ1n) is 9.78. The van der Waals surface area contributed by atoms with Gasteiger partial charge in [-0.3, -0.25) is 9.59 Å². The molecular formula is C24H34O4. The highest BCUT2D eigenvalue weighted by molar-refractivity contribution is 6.23. The number of ether oxygens (including phenoxy) is 2. The third-order valence-corrected chi connectivity index (χ3v) is 4.87. The predicted molar refractivity (Wildman–Crippen MR) is 114 cm³/mol. The molecule has 0 N–H and O–H groups in total. The molecule has 4 heteroatoms. The van der Waals surface area contributed by atoms with Gasteiger partial charge in [0.25, 0.3) is 0 Å². The standard InChI is InChI=1S/C24H34O4/c1-16(2)10-8-11-17(3)12-9-13-18(4)14-15-20-19(5)21(25)23(27-6)24(28-7)22(20)26/h10,12,14H,8-9,11,13,15H2,1-7H3.